The van der Waals surface area contributed by atoms with Crippen LogP contribution in [0.4, 0.5) is 4.39 Å². The number of carbonyl (C=O) groups is 1. The Morgan fingerprint density at radius 2 is 2.00 bits per heavy atom. The average Bonchev–Trinajstić information content (AvgIpc) is 2.39. The minimum absolute atomic E-state index is 0.141. The lowest BCUT2D eigenvalue weighted by atomic mass is 9.91. The van der Waals surface area contributed by atoms with E-state index in [1.165, 1.54) is 18.2 Å². The molecule has 0 bridgehead atoms. The van der Waals surface area contributed by atoms with E-state index in [4.69, 9.17) is 11.6 Å². The molecule has 20 heavy (non-hydrogen) atoms. The summed E-state index contributed by atoms with van der Waals surface area (Å²) in [5, 5.41) is 9.80. The Labute approximate surface area is 129 Å². The number of carboxylic acids is 1. The Morgan fingerprint density at radius 3 is 2.60 bits per heavy atom. The van der Waals surface area contributed by atoms with Crippen LogP contribution in [0.1, 0.15) is 17.0 Å². The Kier molecular flexibility index (Phi) is 4.78. The number of rotatable bonds is 4. The fourth-order valence-corrected chi connectivity index (χ4v) is 2.75. The van der Waals surface area contributed by atoms with Gasteiger partial charge < -0.3 is 5.11 Å². The van der Waals surface area contributed by atoms with Crippen LogP contribution in [0.15, 0.2) is 46.9 Å². The fourth-order valence-electron chi connectivity index (χ4n) is 2.00. The Balaban J connectivity index is 2.36. The molecule has 0 radical (unpaired) electrons. The van der Waals surface area contributed by atoms with Gasteiger partial charge >= 0.3 is 5.97 Å². The molecule has 0 aliphatic carbocycles. The van der Waals surface area contributed by atoms with E-state index >= 15 is 0 Å². The SMILES string of the molecule is O=C(O)C(Cc1ccc(Br)cc1Cl)c1ccccc1F. The predicted molar refractivity (Wildman–Crippen MR) is 79.6 cm³/mol. The van der Waals surface area contributed by atoms with Gasteiger partial charge in [-0.25, -0.2) is 4.39 Å². The summed E-state index contributed by atoms with van der Waals surface area (Å²) in [4.78, 5) is 11.4. The van der Waals surface area contributed by atoms with Gasteiger partial charge in [-0.1, -0.05) is 51.8 Å². The normalized spacial score (nSPS) is 12.2. The van der Waals surface area contributed by atoms with Crippen LogP contribution in [0.3, 0.4) is 0 Å². The van der Waals surface area contributed by atoms with E-state index in [1.807, 2.05) is 0 Å². The van der Waals surface area contributed by atoms with Crippen molar-refractivity contribution in [2.24, 2.45) is 0 Å². The zero-order valence-electron chi connectivity index (χ0n) is 10.3. The highest BCUT2D eigenvalue weighted by molar-refractivity contribution is 9.10. The van der Waals surface area contributed by atoms with Gasteiger partial charge in [0.2, 0.25) is 0 Å². The molecule has 0 aliphatic rings. The van der Waals surface area contributed by atoms with Crippen molar-refractivity contribution >= 4 is 33.5 Å². The first-order chi connectivity index (χ1) is 9.49. The molecule has 0 aliphatic heterocycles. The lowest BCUT2D eigenvalue weighted by molar-refractivity contribution is -0.138. The van der Waals surface area contributed by atoms with Crippen LogP contribution < -0.4 is 0 Å². The largest absolute Gasteiger partial charge is 0.481 e. The molecule has 1 N–H and O–H groups in total. The van der Waals surface area contributed by atoms with Crippen molar-refractivity contribution in [3.8, 4) is 0 Å². The van der Waals surface area contributed by atoms with Crippen LogP contribution in [0.25, 0.3) is 0 Å². The van der Waals surface area contributed by atoms with Crippen LogP contribution in [0.5, 0.6) is 0 Å². The highest BCUT2D eigenvalue weighted by Gasteiger charge is 2.24. The van der Waals surface area contributed by atoms with E-state index in [9.17, 15) is 14.3 Å². The van der Waals surface area contributed by atoms with Gasteiger partial charge in [0.15, 0.2) is 0 Å². The maximum absolute atomic E-state index is 13.8. The smallest absolute Gasteiger partial charge is 0.311 e. The zero-order valence-corrected chi connectivity index (χ0v) is 12.7. The molecule has 2 nitrogen and oxygen atoms in total. The summed E-state index contributed by atoms with van der Waals surface area (Å²) in [6.07, 6.45) is 0.141. The Bertz CT molecular complexity index is 646. The number of aliphatic carboxylic acids is 1. The van der Waals surface area contributed by atoms with Crippen molar-refractivity contribution in [3.05, 3.63) is 68.9 Å². The van der Waals surface area contributed by atoms with E-state index in [0.717, 1.165) is 4.47 Å². The van der Waals surface area contributed by atoms with Crippen LogP contribution in [-0.2, 0) is 11.2 Å². The van der Waals surface area contributed by atoms with E-state index in [-0.39, 0.29) is 12.0 Å². The zero-order chi connectivity index (χ0) is 14.7. The monoisotopic (exact) mass is 356 g/mol. The molecule has 2 rings (SSSR count). The molecule has 0 saturated heterocycles. The lowest BCUT2D eigenvalue weighted by Gasteiger charge is -2.14. The molecule has 0 saturated carbocycles. The van der Waals surface area contributed by atoms with Crippen molar-refractivity contribution < 1.29 is 14.3 Å². The van der Waals surface area contributed by atoms with Gasteiger partial charge in [0.1, 0.15) is 5.82 Å². The summed E-state index contributed by atoms with van der Waals surface area (Å²) in [5.74, 6) is -2.56. The van der Waals surface area contributed by atoms with Crippen molar-refractivity contribution in [1.82, 2.24) is 0 Å². The van der Waals surface area contributed by atoms with Crippen molar-refractivity contribution in [2.75, 3.05) is 0 Å². The van der Waals surface area contributed by atoms with Gasteiger partial charge in [-0.15, -0.1) is 0 Å². The number of hydrogen-bond acceptors (Lipinski definition) is 1. The van der Waals surface area contributed by atoms with Crippen molar-refractivity contribution in [3.63, 3.8) is 0 Å². The fraction of sp³-hybridized carbons (Fsp3) is 0.133. The molecule has 0 fully saturated rings. The molecule has 0 spiro atoms. The highest BCUT2D eigenvalue weighted by Crippen LogP contribution is 2.29. The third-order valence-corrected chi connectivity index (χ3v) is 3.86. The van der Waals surface area contributed by atoms with E-state index in [1.54, 1.807) is 24.3 Å². The quantitative estimate of drug-likeness (QED) is 0.864. The summed E-state index contributed by atoms with van der Waals surface area (Å²) in [5.41, 5.74) is 0.838. The molecule has 1 atom stereocenters. The van der Waals surface area contributed by atoms with Crippen LogP contribution >= 0.6 is 27.5 Å². The number of benzene rings is 2. The molecule has 0 heterocycles. The minimum Gasteiger partial charge on any atom is -0.481 e. The molecule has 2 aromatic carbocycles. The standard InChI is InChI=1S/C15H11BrClFO2/c16-10-6-5-9(13(17)8-10)7-12(15(19)20)11-3-1-2-4-14(11)18/h1-6,8,12H,7H2,(H,19,20). The molecule has 2 aromatic rings. The minimum atomic E-state index is -1.07. The number of halogens is 3. The molecule has 0 amide bonds. The third-order valence-electron chi connectivity index (χ3n) is 3.02. The molecular formula is C15H11BrClFO2. The summed E-state index contributed by atoms with van der Waals surface area (Å²) in [6.45, 7) is 0. The second-order valence-corrected chi connectivity index (χ2v) is 5.68. The Morgan fingerprint density at radius 1 is 1.30 bits per heavy atom. The summed E-state index contributed by atoms with van der Waals surface area (Å²) < 4.78 is 14.6. The van der Waals surface area contributed by atoms with Crippen molar-refractivity contribution in [2.45, 2.75) is 12.3 Å². The number of hydrogen-bond donors (Lipinski definition) is 1. The van der Waals surface area contributed by atoms with Gasteiger partial charge in [-0.2, -0.15) is 0 Å². The summed E-state index contributed by atoms with van der Waals surface area (Å²) in [7, 11) is 0. The van der Waals surface area contributed by atoms with Crippen molar-refractivity contribution in [1.29, 1.82) is 0 Å². The van der Waals surface area contributed by atoms with Gasteiger partial charge in [0.05, 0.1) is 5.92 Å². The first kappa shape index (κ1) is 15.0. The van der Waals surface area contributed by atoms with Crippen LogP contribution in [-0.4, -0.2) is 11.1 Å². The molecule has 104 valence electrons. The maximum Gasteiger partial charge on any atom is 0.311 e. The van der Waals surface area contributed by atoms with E-state index in [0.29, 0.717) is 10.6 Å². The number of carboxylic acid groups (broad SMARTS) is 1. The van der Waals surface area contributed by atoms with Crippen LogP contribution in [0.2, 0.25) is 5.02 Å². The second-order valence-electron chi connectivity index (χ2n) is 4.35. The molecule has 5 heteroatoms. The summed E-state index contributed by atoms with van der Waals surface area (Å²) >= 11 is 9.38. The maximum atomic E-state index is 13.8. The Hall–Kier alpha value is -1.39. The second kappa shape index (κ2) is 6.37. The van der Waals surface area contributed by atoms with E-state index < -0.39 is 17.7 Å². The van der Waals surface area contributed by atoms with Gasteiger partial charge in [0, 0.05) is 15.1 Å². The van der Waals surface area contributed by atoms with Gasteiger partial charge in [-0.05, 0) is 30.2 Å². The molecule has 1 unspecified atom stereocenters. The van der Waals surface area contributed by atoms with Crippen LogP contribution in [0, 0.1) is 5.82 Å². The predicted octanol–water partition coefficient (Wildman–Crippen LogP) is 4.65. The van der Waals surface area contributed by atoms with Gasteiger partial charge in [0.25, 0.3) is 0 Å². The molecule has 0 aromatic heterocycles. The average molecular weight is 358 g/mol. The summed E-state index contributed by atoms with van der Waals surface area (Å²) in [6, 6.07) is 11.1. The van der Waals surface area contributed by atoms with E-state index in [2.05, 4.69) is 15.9 Å². The third kappa shape index (κ3) is 3.38. The highest BCUT2D eigenvalue weighted by atomic mass is 79.9. The molecular weight excluding hydrogens is 347 g/mol. The lowest BCUT2D eigenvalue weighted by Crippen LogP contribution is -2.16. The topological polar surface area (TPSA) is 37.3 Å². The van der Waals surface area contributed by atoms with Gasteiger partial charge in [-0.3, -0.25) is 4.79 Å². The first-order valence-electron chi connectivity index (χ1n) is 5.90. The first-order valence-corrected chi connectivity index (χ1v) is 7.07.